The Morgan fingerprint density at radius 2 is 1.94 bits per heavy atom. The zero-order valence-electron chi connectivity index (χ0n) is 8.69. The molecule has 0 amide bonds. The number of hydrogen-bond acceptors (Lipinski definition) is 3. The Balaban J connectivity index is 0.00000128. The van der Waals surface area contributed by atoms with Gasteiger partial charge in [0.05, 0.1) is 0 Å². The second-order valence-corrected chi connectivity index (χ2v) is 5.98. The van der Waals surface area contributed by atoms with E-state index in [4.69, 9.17) is 0 Å². The molecule has 1 aliphatic rings. The van der Waals surface area contributed by atoms with Gasteiger partial charge in [-0.1, -0.05) is 12.1 Å². The van der Waals surface area contributed by atoms with Crippen LogP contribution in [-0.2, 0) is 0 Å². The molecule has 1 nitrogen and oxygen atoms in total. The molecule has 4 heteroatoms. The van der Waals surface area contributed by atoms with Gasteiger partial charge in [-0.05, 0) is 48.1 Å². The molecule has 0 aromatic heterocycles. The molecular formula is C12H15NaOS2. The zero-order valence-corrected chi connectivity index (χ0v) is 10.3. The van der Waals surface area contributed by atoms with E-state index in [-0.39, 0.29) is 29.6 Å². The van der Waals surface area contributed by atoms with E-state index in [1.54, 1.807) is 6.07 Å². The molecule has 1 saturated heterocycles. The fourth-order valence-electron chi connectivity index (χ4n) is 1.50. The second kappa shape index (κ2) is 7.02. The van der Waals surface area contributed by atoms with Crippen molar-refractivity contribution in [2.75, 3.05) is 11.5 Å². The van der Waals surface area contributed by atoms with Crippen molar-refractivity contribution in [3.05, 3.63) is 34.1 Å². The van der Waals surface area contributed by atoms with Gasteiger partial charge in [0, 0.05) is 4.24 Å². The summed E-state index contributed by atoms with van der Waals surface area (Å²) in [6.45, 7) is 2.13. The number of allylic oxidation sites excluding steroid dienone is 1. The molecule has 1 aromatic rings. The van der Waals surface area contributed by atoms with Gasteiger partial charge >= 0.3 is 29.6 Å². The van der Waals surface area contributed by atoms with Crippen LogP contribution in [0.25, 0.3) is 5.57 Å². The van der Waals surface area contributed by atoms with Crippen molar-refractivity contribution in [3.63, 3.8) is 0 Å². The zero-order chi connectivity index (χ0) is 10.7. The van der Waals surface area contributed by atoms with Crippen molar-refractivity contribution in [1.82, 2.24) is 0 Å². The first-order valence-electron chi connectivity index (χ1n) is 5.03. The molecular weight excluding hydrogens is 247 g/mol. The van der Waals surface area contributed by atoms with Gasteiger partial charge in [0.2, 0.25) is 0 Å². The van der Waals surface area contributed by atoms with Gasteiger partial charge in [-0.15, -0.1) is 23.5 Å². The van der Waals surface area contributed by atoms with Gasteiger partial charge in [-0.2, -0.15) is 0 Å². The maximum absolute atomic E-state index is 9.42. The minimum atomic E-state index is 0. The van der Waals surface area contributed by atoms with Crippen LogP contribution in [0.15, 0.2) is 28.5 Å². The average molecular weight is 262 g/mol. The van der Waals surface area contributed by atoms with Crippen molar-refractivity contribution in [2.24, 2.45) is 0 Å². The Kier molecular flexibility index (Phi) is 6.37. The van der Waals surface area contributed by atoms with Crippen LogP contribution in [0.5, 0.6) is 5.75 Å². The Morgan fingerprint density at radius 3 is 2.56 bits per heavy atom. The van der Waals surface area contributed by atoms with Gasteiger partial charge in [0.15, 0.2) is 0 Å². The number of thioether (sulfide) groups is 2. The average Bonchev–Trinajstić information content (AvgIpc) is 2.29. The molecule has 1 N–H and O–H groups in total. The molecule has 2 rings (SSSR count). The first-order valence-corrected chi connectivity index (χ1v) is 7.00. The Morgan fingerprint density at radius 1 is 1.25 bits per heavy atom. The van der Waals surface area contributed by atoms with Crippen molar-refractivity contribution < 1.29 is 5.11 Å². The van der Waals surface area contributed by atoms with E-state index in [9.17, 15) is 5.11 Å². The molecule has 1 heterocycles. The molecule has 16 heavy (non-hydrogen) atoms. The fourth-order valence-corrected chi connectivity index (χ4v) is 4.14. The summed E-state index contributed by atoms with van der Waals surface area (Å²) in [6, 6.07) is 7.49. The molecule has 1 aromatic carbocycles. The summed E-state index contributed by atoms with van der Waals surface area (Å²) in [5, 5.41) is 9.42. The normalized spacial score (nSPS) is 15.4. The maximum atomic E-state index is 9.42. The number of benzene rings is 1. The van der Waals surface area contributed by atoms with E-state index in [0.29, 0.717) is 5.75 Å². The third-order valence-corrected chi connectivity index (χ3v) is 5.17. The van der Waals surface area contributed by atoms with Crippen molar-refractivity contribution in [3.8, 4) is 5.75 Å². The molecule has 0 bridgehead atoms. The molecule has 0 aliphatic carbocycles. The number of rotatable bonds is 1. The Labute approximate surface area is 127 Å². The van der Waals surface area contributed by atoms with Crippen LogP contribution in [0, 0.1) is 0 Å². The van der Waals surface area contributed by atoms with E-state index in [0.717, 1.165) is 5.56 Å². The third-order valence-electron chi connectivity index (χ3n) is 2.34. The topological polar surface area (TPSA) is 20.2 Å². The monoisotopic (exact) mass is 262 g/mol. The van der Waals surface area contributed by atoms with E-state index in [1.165, 1.54) is 27.7 Å². The van der Waals surface area contributed by atoms with Crippen molar-refractivity contribution in [2.45, 2.75) is 13.3 Å². The summed E-state index contributed by atoms with van der Waals surface area (Å²) in [6.07, 6.45) is 1.30. The van der Waals surface area contributed by atoms with Gasteiger partial charge in [0.25, 0.3) is 0 Å². The summed E-state index contributed by atoms with van der Waals surface area (Å²) in [5.74, 6) is 2.79. The van der Waals surface area contributed by atoms with Crippen LogP contribution in [0.4, 0.5) is 0 Å². The molecule has 0 unspecified atom stereocenters. The fraction of sp³-hybridized carbons (Fsp3) is 0.333. The first kappa shape index (κ1) is 14.5. The van der Waals surface area contributed by atoms with Crippen LogP contribution in [0.3, 0.4) is 0 Å². The minimum absolute atomic E-state index is 0. The summed E-state index contributed by atoms with van der Waals surface area (Å²) in [5.41, 5.74) is 2.42. The van der Waals surface area contributed by atoms with E-state index in [2.05, 4.69) is 13.0 Å². The Hall–Kier alpha value is 0.460. The van der Waals surface area contributed by atoms with Crippen LogP contribution in [0.2, 0.25) is 0 Å². The van der Waals surface area contributed by atoms with Gasteiger partial charge < -0.3 is 5.11 Å². The standard InChI is InChI=1S/C12H14OS2.Na.H/c1-9(12-14-6-3-7-15-12)10-4-2-5-11(13)8-10;;/h2,4-5,8,13H,3,6-7H2,1H3;;. The van der Waals surface area contributed by atoms with E-state index in [1.807, 2.05) is 35.7 Å². The molecule has 1 aliphatic heterocycles. The number of phenolic OH excluding ortho intramolecular Hbond substituents is 1. The molecule has 0 saturated carbocycles. The number of aromatic hydroxyl groups is 1. The van der Waals surface area contributed by atoms with E-state index >= 15 is 0 Å². The van der Waals surface area contributed by atoms with Crippen LogP contribution in [0.1, 0.15) is 18.9 Å². The quantitative estimate of drug-likeness (QED) is 0.784. The number of phenols is 1. The van der Waals surface area contributed by atoms with Crippen LogP contribution in [-0.4, -0.2) is 46.2 Å². The van der Waals surface area contributed by atoms with Crippen molar-refractivity contribution >= 4 is 58.7 Å². The first-order chi connectivity index (χ1) is 7.27. The predicted octanol–water partition coefficient (Wildman–Crippen LogP) is 3.30. The summed E-state index contributed by atoms with van der Waals surface area (Å²) in [7, 11) is 0. The van der Waals surface area contributed by atoms with Crippen LogP contribution < -0.4 is 0 Å². The molecule has 0 radical (unpaired) electrons. The summed E-state index contributed by atoms with van der Waals surface area (Å²) < 4.78 is 1.41. The van der Waals surface area contributed by atoms with Gasteiger partial charge in [-0.3, -0.25) is 0 Å². The van der Waals surface area contributed by atoms with Crippen molar-refractivity contribution in [1.29, 1.82) is 0 Å². The second-order valence-electron chi connectivity index (χ2n) is 3.51. The molecule has 82 valence electrons. The Bertz CT molecular complexity index is 382. The van der Waals surface area contributed by atoms with Crippen LogP contribution >= 0.6 is 23.5 Å². The third kappa shape index (κ3) is 3.74. The summed E-state index contributed by atoms with van der Waals surface area (Å²) >= 11 is 3.87. The number of hydrogen-bond donors (Lipinski definition) is 1. The SMILES string of the molecule is CC(=C1SCCCS1)c1cccc(O)c1.[NaH]. The molecule has 0 spiro atoms. The predicted molar refractivity (Wildman–Crippen MR) is 77.4 cm³/mol. The molecule has 1 fully saturated rings. The summed E-state index contributed by atoms with van der Waals surface area (Å²) in [4.78, 5) is 0. The van der Waals surface area contributed by atoms with E-state index < -0.39 is 0 Å². The van der Waals surface area contributed by atoms with Gasteiger partial charge in [0.1, 0.15) is 5.75 Å². The van der Waals surface area contributed by atoms with Gasteiger partial charge in [-0.25, -0.2) is 0 Å². The molecule has 0 atom stereocenters.